The third kappa shape index (κ3) is 7.20. The molecule has 0 aliphatic carbocycles. The Hall–Kier alpha value is -3.23. The molecule has 0 atom stereocenters. The van der Waals surface area contributed by atoms with Crippen molar-refractivity contribution < 1.29 is 27.7 Å². The second kappa shape index (κ2) is 12.5. The van der Waals surface area contributed by atoms with Gasteiger partial charge >= 0.3 is 6.61 Å². The van der Waals surface area contributed by atoms with Crippen LogP contribution in [0.4, 0.5) is 8.78 Å². The molecule has 0 heterocycles. The lowest BCUT2D eigenvalue weighted by Crippen LogP contribution is -2.38. The van der Waals surface area contributed by atoms with Gasteiger partial charge in [-0.3, -0.25) is 4.99 Å². The minimum absolute atomic E-state index is 0.0171. The Morgan fingerprint density at radius 2 is 1.84 bits per heavy atom. The van der Waals surface area contributed by atoms with Gasteiger partial charge in [0.2, 0.25) is 0 Å². The first kappa shape index (κ1) is 24.0. The van der Waals surface area contributed by atoms with Gasteiger partial charge in [0.25, 0.3) is 0 Å². The number of hydrogen-bond donors (Lipinski definition) is 2. The lowest BCUT2D eigenvalue weighted by atomic mass is 10.1. The molecular weight excluding hydrogens is 408 g/mol. The molecule has 2 aromatic carbocycles. The molecule has 0 bridgehead atoms. The Morgan fingerprint density at radius 3 is 2.48 bits per heavy atom. The van der Waals surface area contributed by atoms with Crippen LogP contribution in [0.15, 0.2) is 41.4 Å². The smallest absolute Gasteiger partial charge is 0.387 e. The highest BCUT2D eigenvalue weighted by atomic mass is 19.3. The third-order valence-electron chi connectivity index (χ3n) is 4.41. The molecule has 0 spiro atoms. The van der Waals surface area contributed by atoms with Crippen molar-refractivity contribution in [3.63, 3.8) is 0 Å². The van der Waals surface area contributed by atoms with Crippen LogP contribution in [-0.4, -0.2) is 47.0 Å². The summed E-state index contributed by atoms with van der Waals surface area (Å²) in [6.07, 6.45) is 0.667. The van der Waals surface area contributed by atoms with Crippen LogP contribution < -0.4 is 29.6 Å². The maximum absolute atomic E-state index is 12.9. The standard InChI is InChI=1S/C22H29F2N3O4/c1-5-30-19-8-6-7-16(20(19)31-21(23)24)14-27-22(25-2)26-12-11-15-13-17(28-3)9-10-18(15)29-4/h6-10,13,21H,5,11-12,14H2,1-4H3,(H2,25,26,27). The van der Waals surface area contributed by atoms with Crippen LogP contribution in [0.25, 0.3) is 0 Å². The number of para-hydroxylation sites is 1. The first-order valence-electron chi connectivity index (χ1n) is 9.87. The maximum Gasteiger partial charge on any atom is 0.387 e. The number of ether oxygens (including phenoxy) is 4. The van der Waals surface area contributed by atoms with Gasteiger partial charge in [0, 0.05) is 25.7 Å². The first-order chi connectivity index (χ1) is 15.0. The molecule has 0 aliphatic heterocycles. The number of nitrogens with one attached hydrogen (secondary N) is 2. The largest absolute Gasteiger partial charge is 0.497 e. The fraction of sp³-hybridized carbons (Fsp3) is 0.409. The van der Waals surface area contributed by atoms with E-state index in [-0.39, 0.29) is 18.0 Å². The van der Waals surface area contributed by atoms with E-state index in [0.29, 0.717) is 31.1 Å². The summed E-state index contributed by atoms with van der Waals surface area (Å²) in [6.45, 7) is -0.0305. The van der Waals surface area contributed by atoms with Crippen molar-refractivity contribution in [3.8, 4) is 23.0 Å². The van der Waals surface area contributed by atoms with Crippen LogP contribution in [0, 0.1) is 0 Å². The average molecular weight is 437 g/mol. The number of aliphatic imine (C=N–C) groups is 1. The quantitative estimate of drug-likeness (QED) is 0.413. The van der Waals surface area contributed by atoms with Crippen LogP contribution in [-0.2, 0) is 13.0 Å². The SMILES string of the molecule is CCOc1cccc(CNC(=NC)NCCc2cc(OC)ccc2OC)c1OC(F)F. The molecular formula is C22H29F2N3O4. The zero-order valence-corrected chi connectivity index (χ0v) is 18.2. The van der Waals surface area contributed by atoms with E-state index in [4.69, 9.17) is 18.9 Å². The number of rotatable bonds is 11. The molecule has 2 N–H and O–H groups in total. The number of guanidine groups is 1. The van der Waals surface area contributed by atoms with Gasteiger partial charge in [-0.2, -0.15) is 8.78 Å². The van der Waals surface area contributed by atoms with Crippen LogP contribution in [0.2, 0.25) is 0 Å². The molecule has 2 aromatic rings. The van der Waals surface area contributed by atoms with E-state index in [1.807, 2.05) is 18.2 Å². The van der Waals surface area contributed by atoms with Crippen molar-refractivity contribution in [1.29, 1.82) is 0 Å². The Kier molecular flexibility index (Phi) is 9.67. The Labute approximate surface area is 181 Å². The highest BCUT2D eigenvalue weighted by Crippen LogP contribution is 2.32. The molecule has 0 radical (unpaired) electrons. The summed E-state index contributed by atoms with van der Waals surface area (Å²) in [7, 11) is 4.87. The van der Waals surface area contributed by atoms with Crippen molar-refractivity contribution in [2.24, 2.45) is 4.99 Å². The number of nitrogens with zero attached hydrogens (tertiary/aromatic N) is 1. The second-order valence-corrected chi connectivity index (χ2v) is 6.34. The molecule has 9 heteroatoms. The van der Waals surface area contributed by atoms with Crippen LogP contribution >= 0.6 is 0 Å². The minimum atomic E-state index is -2.95. The van der Waals surface area contributed by atoms with E-state index in [2.05, 4.69) is 15.6 Å². The molecule has 0 saturated heterocycles. The molecule has 0 saturated carbocycles. The topological polar surface area (TPSA) is 73.3 Å². The van der Waals surface area contributed by atoms with Gasteiger partial charge in [-0.1, -0.05) is 12.1 Å². The summed E-state index contributed by atoms with van der Waals surface area (Å²) in [5.41, 5.74) is 1.52. The van der Waals surface area contributed by atoms with E-state index in [0.717, 1.165) is 17.1 Å². The van der Waals surface area contributed by atoms with Crippen LogP contribution in [0.3, 0.4) is 0 Å². The molecule has 0 fully saturated rings. The van der Waals surface area contributed by atoms with E-state index in [1.165, 1.54) is 0 Å². The van der Waals surface area contributed by atoms with Crippen molar-refractivity contribution in [2.45, 2.75) is 26.5 Å². The van der Waals surface area contributed by atoms with Crippen molar-refractivity contribution >= 4 is 5.96 Å². The summed E-state index contributed by atoms with van der Waals surface area (Å²) >= 11 is 0. The number of methoxy groups -OCH3 is 2. The number of alkyl halides is 2. The molecule has 0 aliphatic rings. The first-order valence-corrected chi connectivity index (χ1v) is 9.87. The second-order valence-electron chi connectivity index (χ2n) is 6.34. The zero-order chi connectivity index (χ0) is 22.6. The van der Waals surface area contributed by atoms with E-state index in [9.17, 15) is 8.78 Å². The van der Waals surface area contributed by atoms with Crippen molar-refractivity contribution in [2.75, 3.05) is 34.4 Å². The van der Waals surface area contributed by atoms with E-state index >= 15 is 0 Å². The third-order valence-corrected chi connectivity index (χ3v) is 4.41. The lowest BCUT2D eigenvalue weighted by Gasteiger charge is -2.17. The zero-order valence-electron chi connectivity index (χ0n) is 18.2. The molecule has 170 valence electrons. The number of halogens is 2. The number of hydrogen-bond acceptors (Lipinski definition) is 5. The van der Waals surface area contributed by atoms with E-state index in [1.54, 1.807) is 46.4 Å². The van der Waals surface area contributed by atoms with Gasteiger partial charge in [0.05, 0.1) is 20.8 Å². The Balaban J connectivity index is 2.00. The predicted molar refractivity (Wildman–Crippen MR) is 116 cm³/mol. The van der Waals surface area contributed by atoms with Crippen molar-refractivity contribution in [3.05, 3.63) is 47.5 Å². The summed E-state index contributed by atoms with van der Waals surface area (Å²) in [4.78, 5) is 4.18. The highest BCUT2D eigenvalue weighted by molar-refractivity contribution is 5.79. The summed E-state index contributed by atoms with van der Waals surface area (Å²) in [6, 6.07) is 10.6. The molecule has 0 aromatic heterocycles. The lowest BCUT2D eigenvalue weighted by molar-refractivity contribution is -0.0520. The average Bonchev–Trinajstić information content (AvgIpc) is 2.77. The summed E-state index contributed by atoms with van der Waals surface area (Å²) < 4.78 is 46.5. The summed E-state index contributed by atoms with van der Waals surface area (Å²) in [5.74, 6) is 2.33. The maximum atomic E-state index is 12.9. The van der Waals surface area contributed by atoms with Gasteiger partial charge in [0.1, 0.15) is 11.5 Å². The molecule has 31 heavy (non-hydrogen) atoms. The Morgan fingerprint density at radius 1 is 1.03 bits per heavy atom. The van der Waals surface area contributed by atoms with Crippen LogP contribution in [0.1, 0.15) is 18.1 Å². The van der Waals surface area contributed by atoms with Gasteiger partial charge in [-0.15, -0.1) is 0 Å². The van der Waals surface area contributed by atoms with Gasteiger partial charge in [0.15, 0.2) is 17.5 Å². The van der Waals surface area contributed by atoms with Gasteiger partial charge < -0.3 is 29.6 Å². The predicted octanol–water partition coefficient (Wildman–Crippen LogP) is 3.61. The molecule has 7 nitrogen and oxygen atoms in total. The summed E-state index contributed by atoms with van der Waals surface area (Å²) in [5, 5.41) is 6.31. The highest BCUT2D eigenvalue weighted by Gasteiger charge is 2.16. The fourth-order valence-corrected chi connectivity index (χ4v) is 2.98. The van der Waals surface area contributed by atoms with Crippen molar-refractivity contribution in [1.82, 2.24) is 10.6 Å². The van der Waals surface area contributed by atoms with Crippen LogP contribution in [0.5, 0.6) is 23.0 Å². The van der Waals surface area contributed by atoms with Gasteiger partial charge in [-0.05, 0) is 43.2 Å². The fourth-order valence-electron chi connectivity index (χ4n) is 2.98. The molecule has 2 rings (SSSR count). The normalized spacial score (nSPS) is 11.3. The van der Waals surface area contributed by atoms with Gasteiger partial charge in [-0.25, -0.2) is 0 Å². The monoisotopic (exact) mass is 437 g/mol. The molecule has 0 amide bonds. The molecule has 0 unspecified atom stereocenters. The van der Waals surface area contributed by atoms with E-state index < -0.39 is 6.61 Å². The Bertz CT molecular complexity index is 863. The number of benzene rings is 2. The minimum Gasteiger partial charge on any atom is -0.497 e.